The number of carboxylic acid groups (broad SMARTS) is 1. The molecule has 0 aromatic carbocycles. The Hall–Kier alpha value is -5.35. The third-order valence-electron chi connectivity index (χ3n) is 14.0. The van der Waals surface area contributed by atoms with Gasteiger partial charge in [0.1, 0.15) is 13.2 Å². The van der Waals surface area contributed by atoms with Crippen LogP contribution in [0, 0.1) is 0 Å². The number of aliphatic carboxylic acids is 1. The highest BCUT2D eigenvalue weighted by atomic mass is 16.7. The highest BCUT2D eigenvalue weighted by molar-refractivity contribution is 5.70. The number of unbranched alkanes of at least 4 members (excludes halogenated alkanes) is 18. The number of carboxylic acids is 1. The SMILES string of the molecule is CC/C=C\C/C=C\C/C=C\C/C=C\C/C=C\C/C=C\C/C=C\C/C=C\C/C=C\CCCC(=O)OC(COC(=O)CCCCCCCCCCCCCCCCCCC/C=C\C/C=C\C/C=C\C/C=C\C/C=C\CC)COC(OCC[N+](C)(C)C)C(=O)[O-]. The number of carbonyl (C=O) groups excluding carboxylic acids is 3. The van der Waals surface area contributed by atoms with E-state index in [1.807, 2.05) is 21.1 Å². The van der Waals surface area contributed by atoms with E-state index in [2.05, 4.69) is 184 Å². The Balaban J connectivity index is 4.25. The summed E-state index contributed by atoms with van der Waals surface area (Å²) in [5.41, 5.74) is 0. The zero-order chi connectivity index (χ0) is 63.3. The average molecular weight is 1200 g/mol. The number of hydrogen-bond acceptors (Lipinski definition) is 8. The number of hydrogen-bond donors (Lipinski definition) is 0. The molecule has 0 saturated carbocycles. The molecule has 0 bridgehead atoms. The molecule has 0 fully saturated rings. The van der Waals surface area contributed by atoms with E-state index in [1.54, 1.807) is 0 Å². The lowest BCUT2D eigenvalue weighted by Crippen LogP contribution is -2.44. The molecule has 0 aromatic heterocycles. The van der Waals surface area contributed by atoms with Crippen LogP contribution in [-0.4, -0.2) is 82.3 Å². The van der Waals surface area contributed by atoms with Crippen LogP contribution >= 0.6 is 0 Å². The topological polar surface area (TPSA) is 111 Å². The van der Waals surface area contributed by atoms with Crippen molar-refractivity contribution < 1.29 is 42.9 Å². The molecule has 9 nitrogen and oxygen atoms in total. The van der Waals surface area contributed by atoms with E-state index in [4.69, 9.17) is 18.9 Å². The standard InChI is InChI=1S/C78H125NO8/c1-6-8-10-12-14-16-18-20-22-24-26-28-30-32-34-36-37-38-39-41-42-44-46-48-50-52-54-56-58-60-62-64-66-68-75(80)85-72-74(73-86-78(77(82)83)84-71-70-79(3,4)5)87-76(81)69-67-65-63-61-59-57-55-53-51-49-47-45-43-40-35-33-31-29-27-25-23-21-19-17-15-13-11-9-7-2/h8-11,14-17,20-23,26-29,32-35,43,45,49,51,55,57,61,63,74,78H,6-7,12-13,18-19,24-25,30-31,36-42,44,46-48,50,52-54,56,58-60,62,64-73H2,1-5H3/b10-8-,11-9-,16-14-,17-15-,22-20-,23-21-,28-26-,29-27-,34-32-,35-33-,45-43-,51-49-,57-55-,63-61-. The molecule has 490 valence electrons. The predicted molar refractivity (Wildman–Crippen MR) is 370 cm³/mol. The van der Waals surface area contributed by atoms with Crippen LogP contribution in [0.2, 0.25) is 0 Å². The van der Waals surface area contributed by atoms with Crippen molar-refractivity contribution >= 4 is 17.9 Å². The summed E-state index contributed by atoms with van der Waals surface area (Å²) in [5, 5.41) is 11.8. The molecule has 0 radical (unpaired) electrons. The Bertz CT molecular complexity index is 2030. The van der Waals surface area contributed by atoms with E-state index in [0.717, 1.165) is 109 Å². The number of nitrogens with zero attached hydrogens (tertiary/aromatic N) is 1. The molecule has 0 aliphatic heterocycles. The zero-order valence-corrected chi connectivity index (χ0v) is 55.8. The summed E-state index contributed by atoms with van der Waals surface area (Å²) in [7, 11) is 5.90. The number of ether oxygens (including phenoxy) is 4. The van der Waals surface area contributed by atoms with Gasteiger partial charge >= 0.3 is 11.9 Å². The summed E-state index contributed by atoms with van der Waals surface area (Å²) in [6.07, 6.45) is 97.2. The second-order valence-electron chi connectivity index (χ2n) is 23.3. The lowest BCUT2D eigenvalue weighted by molar-refractivity contribution is -0.870. The van der Waals surface area contributed by atoms with Gasteiger partial charge < -0.3 is 33.3 Å². The second-order valence-corrected chi connectivity index (χ2v) is 23.3. The molecule has 0 aliphatic carbocycles. The Labute approximate surface area is 533 Å². The lowest BCUT2D eigenvalue weighted by Gasteiger charge is -2.26. The summed E-state index contributed by atoms with van der Waals surface area (Å²) in [6, 6.07) is 0. The van der Waals surface area contributed by atoms with Crippen LogP contribution in [-0.2, 0) is 33.3 Å². The van der Waals surface area contributed by atoms with Crippen LogP contribution in [0.3, 0.4) is 0 Å². The highest BCUT2D eigenvalue weighted by Gasteiger charge is 2.22. The molecule has 0 saturated heterocycles. The second kappa shape index (κ2) is 66.6. The van der Waals surface area contributed by atoms with E-state index in [0.29, 0.717) is 23.9 Å². The van der Waals surface area contributed by atoms with Gasteiger partial charge in [-0.2, -0.15) is 0 Å². The number of allylic oxidation sites excluding steroid dienone is 28. The van der Waals surface area contributed by atoms with Crippen molar-refractivity contribution in [2.24, 2.45) is 0 Å². The molecule has 0 aromatic rings. The smallest absolute Gasteiger partial charge is 0.306 e. The maximum Gasteiger partial charge on any atom is 0.306 e. The quantitative estimate of drug-likeness (QED) is 0.0195. The van der Waals surface area contributed by atoms with Gasteiger partial charge in [-0.25, -0.2) is 0 Å². The molecule has 0 N–H and O–H groups in total. The van der Waals surface area contributed by atoms with E-state index in [-0.39, 0.29) is 38.6 Å². The number of esters is 2. The molecule has 0 amide bonds. The van der Waals surface area contributed by atoms with Gasteiger partial charge in [-0.3, -0.25) is 9.59 Å². The Kier molecular flexibility index (Phi) is 62.5. The first-order valence-electron chi connectivity index (χ1n) is 34.3. The largest absolute Gasteiger partial charge is 0.545 e. The van der Waals surface area contributed by atoms with Crippen molar-refractivity contribution in [3.05, 3.63) is 170 Å². The van der Waals surface area contributed by atoms with Crippen LogP contribution in [0.1, 0.15) is 245 Å². The van der Waals surface area contributed by atoms with Gasteiger partial charge in [0.25, 0.3) is 0 Å². The van der Waals surface area contributed by atoms with Gasteiger partial charge in [0.05, 0.1) is 40.3 Å². The van der Waals surface area contributed by atoms with Gasteiger partial charge in [-0.15, -0.1) is 0 Å². The summed E-state index contributed by atoms with van der Waals surface area (Å²) < 4.78 is 22.7. The number of quaternary nitrogens is 1. The minimum Gasteiger partial charge on any atom is -0.545 e. The average Bonchev–Trinajstić information content (AvgIpc) is 3.57. The Morgan fingerprint density at radius 1 is 0.345 bits per heavy atom. The van der Waals surface area contributed by atoms with E-state index >= 15 is 0 Å². The molecular formula is C78H125NO8. The van der Waals surface area contributed by atoms with E-state index in [1.165, 1.54) is 96.3 Å². The summed E-state index contributed by atoms with van der Waals surface area (Å²) in [5.74, 6) is -2.38. The first kappa shape index (κ1) is 81.7. The zero-order valence-electron chi connectivity index (χ0n) is 55.8. The molecule has 0 aliphatic rings. The minimum atomic E-state index is -1.65. The van der Waals surface area contributed by atoms with Gasteiger partial charge in [0.2, 0.25) is 0 Å². The van der Waals surface area contributed by atoms with E-state index in [9.17, 15) is 19.5 Å². The first-order valence-corrected chi connectivity index (χ1v) is 34.3. The van der Waals surface area contributed by atoms with Crippen LogP contribution in [0.25, 0.3) is 0 Å². The van der Waals surface area contributed by atoms with Crippen molar-refractivity contribution in [3.63, 3.8) is 0 Å². The minimum absolute atomic E-state index is 0.128. The maximum atomic E-state index is 12.9. The van der Waals surface area contributed by atoms with Gasteiger partial charge in [-0.05, 0) is 122 Å². The molecule has 0 rings (SSSR count). The van der Waals surface area contributed by atoms with Crippen LogP contribution in [0.15, 0.2) is 170 Å². The lowest BCUT2D eigenvalue weighted by atomic mass is 10.0. The fraction of sp³-hybridized carbons (Fsp3) is 0.603. The molecule has 0 spiro atoms. The Morgan fingerprint density at radius 2 is 0.632 bits per heavy atom. The van der Waals surface area contributed by atoms with Gasteiger partial charge in [0.15, 0.2) is 12.4 Å². The Morgan fingerprint density at radius 3 is 0.954 bits per heavy atom. The van der Waals surface area contributed by atoms with E-state index < -0.39 is 24.3 Å². The predicted octanol–water partition coefficient (Wildman–Crippen LogP) is 20.1. The third-order valence-corrected chi connectivity index (χ3v) is 14.0. The fourth-order valence-electron chi connectivity index (χ4n) is 8.80. The van der Waals surface area contributed by atoms with Crippen molar-refractivity contribution in [1.29, 1.82) is 0 Å². The first-order chi connectivity index (χ1) is 42.6. The molecular weight excluding hydrogens is 1080 g/mol. The molecule has 87 heavy (non-hydrogen) atoms. The summed E-state index contributed by atoms with van der Waals surface area (Å²) >= 11 is 0. The van der Waals surface area contributed by atoms with Gasteiger partial charge in [-0.1, -0.05) is 280 Å². The maximum absolute atomic E-state index is 12.9. The third kappa shape index (κ3) is 68.0. The number of rotatable bonds is 61. The van der Waals surface area contributed by atoms with Crippen LogP contribution in [0.4, 0.5) is 0 Å². The monoisotopic (exact) mass is 1200 g/mol. The van der Waals surface area contributed by atoms with Crippen molar-refractivity contribution in [3.8, 4) is 0 Å². The molecule has 0 heterocycles. The molecule has 2 unspecified atom stereocenters. The summed E-state index contributed by atoms with van der Waals surface area (Å²) in [4.78, 5) is 37.4. The summed E-state index contributed by atoms with van der Waals surface area (Å²) in [6.45, 7) is 4.44. The van der Waals surface area contributed by atoms with Crippen LogP contribution in [0.5, 0.6) is 0 Å². The molecule has 9 heteroatoms. The highest BCUT2D eigenvalue weighted by Crippen LogP contribution is 2.16. The van der Waals surface area contributed by atoms with Crippen molar-refractivity contribution in [2.45, 2.75) is 257 Å². The number of likely N-dealkylation sites (N-methyl/N-ethyl adjacent to an activating group) is 1. The number of carbonyl (C=O) groups is 3. The normalized spacial score (nSPS) is 13.8. The van der Waals surface area contributed by atoms with Crippen molar-refractivity contribution in [1.82, 2.24) is 0 Å². The fourth-order valence-corrected chi connectivity index (χ4v) is 8.80. The van der Waals surface area contributed by atoms with Crippen molar-refractivity contribution in [2.75, 3.05) is 47.5 Å². The van der Waals surface area contributed by atoms with Gasteiger partial charge in [0, 0.05) is 12.8 Å². The van der Waals surface area contributed by atoms with Crippen LogP contribution < -0.4 is 5.11 Å². The molecule has 2 atom stereocenters.